The molecule has 5 rings (SSSR count). The number of hydrogen-bond donors (Lipinski definition) is 0. The molecule has 1 aliphatic rings. The number of carbonyl (C=O) groups excluding carboxylic acids is 1. The molecule has 1 aliphatic heterocycles. The van der Waals surface area contributed by atoms with Crippen LogP contribution in [0.25, 0.3) is 16.7 Å². The van der Waals surface area contributed by atoms with E-state index in [2.05, 4.69) is 20.0 Å². The van der Waals surface area contributed by atoms with Crippen molar-refractivity contribution >= 4 is 46.0 Å². The Bertz CT molecular complexity index is 1250. The lowest BCUT2D eigenvalue weighted by Gasteiger charge is -2.35. The van der Waals surface area contributed by atoms with E-state index in [9.17, 15) is 4.79 Å². The van der Waals surface area contributed by atoms with Crippen molar-refractivity contribution in [2.75, 3.05) is 31.1 Å². The maximum absolute atomic E-state index is 12.8. The molecular weight excluding hydrogens is 435 g/mol. The number of amides is 1. The van der Waals surface area contributed by atoms with Crippen LogP contribution >= 0.6 is 23.2 Å². The SMILES string of the molecule is O=C(c1ccc(Cl)cc1)N1CCN(c2ncnc3c2cnn3-c2cccc(Cl)c2)CC1. The molecule has 1 amide bonds. The molecule has 4 aromatic rings. The van der Waals surface area contributed by atoms with Crippen LogP contribution in [0.5, 0.6) is 0 Å². The van der Waals surface area contributed by atoms with Gasteiger partial charge in [-0.05, 0) is 42.5 Å². The van der Waals surface area contributed by atoms with Crippen LogP contribution in [0.15, 0.2) is 61.1 Å². The van der Waals surface area contributed by atoms with E-state index >= 15 is 0 Å². The van der Waals surface area contributed by atoms with Crippen LogP contribution < -0.4 is 4.90 Å². The summed E-state index contributed by atoms with van der Waals surface area (Å²) in [4.78, 5) is 25.7. The molecule has 2 aromatic carbocycles. The molecule has 9 heteroatoms. The van der Waals surface area contributed by atoms with E-state index in [0.29, 0.717) is 47.4 Å². The smallest absolute Gasteiger partial charge is 0.253 e. The van der Waals surface area contributed by atoms with Gasteiger partial charge in [0.25, 0.3) is 5.91 Å². The summed E-state index contributed by atoms with van der Waals surface area (Å²) in [6, 6.07) is 14.5. The average Bonchev–Trinajstić information content (AvgIpc) is 3.24. The van der Waals surface area contributed by atoms with Gasteiger partial charge < -0.3 is 9.80 Å². The molecule has 0 unspecified atom stereocenters. The Hall–Kier alpha value is -3.16. The van der Waals surface area contributed by atoms with Gasteiger partial charge in [-0.25, -0.2) is 14.6 Å². The second-order valence-electron chi connectivity index (χ2n) is 7.26. The van der Waals surface area contributed by atoms with Gasteiger partial charge >= 0.3 is 0 Å². The quantitative estimate of drug-likeness (QED) is 0.468. The number of anilines is 1. The first-order valence-electron chi connectivity index (χ1n) is 9.84. The molecule has 0 N–H and O–H groups in total. The van der Waals surface area contributed by atoms with Crippen molar-refractivity contribution in [2.45, 2.75) is 0 Å². The van der Waals surface area contributed by atoms with Gasteiger partial charge in [-0.2, -0.15) is 5.10 Å². The highest BCUT2D eigenvalue weighted by molar-refractivity contribution is 6.31. The number of benzene rings is 2. The van der Waals surface area contributed by atoms with Gasteiger partial charge in [-0.1, -0.05) is 29.3 Å². The molecular formula is C22H18Cl2N6O. The predicted molar refractivity (Wildman–Crippen MR) is 121 cm³/mol. The van der Waals surface area contributed by atoms with E-state index in [4.69, 9.17) is 23.2 Å². The third-order valence-electron chi connectivity index (χ3n) is 5.36. The molecule has 7 nitrogen and oxygen atoms in total. The van der Waals surface area contributed by atoms with E-state index in [0.717, 1.165) is 16.9 Å². The minimum atomic E-state index is 0.0120. The lowest BCUT2D eigenvalue weighted by molar-refractivity contribution is 0.0746. The number of aromatic nitrogens is 4. The number of fused-ring (bicyclic) bond motifs is 1. The average molecular weight is 453 g/mol. The Labute approximate surface area is 188 Å². The molecule has 156 valence electrons. The molecule has 1 saturated heterocycles. The maximum Gasteiger partial charge on any atom is 0.253 e. The normalized spacial score (nSPS) is 14.3. The van der Waals surface area contributed by atoms with E-state index < -0.39 is 0 Å². The van der Waals surface area contributed by atoms with Gasteiger partial charge in [-0.15, -0.1) is 0 Å². The Balaban J connectivity index is 1.36. The van der Waals surface area contributed by atoms with Gasteiger partial charge in [-0.3, -0.25) is 4.79 Å². The summed E-state index contributed by atoms with van der Waals surface area (Å²) < 4.78 is 1.76. The topological polar surface area (TPSA) is 67.2 Å². The molecule has 0 bridgehead atoms. The number of hydrogen-bond acceptors (Lipinski definition) is 5. The fourth-order valence-electron chi connectivity index (χ4n) is 3.78. The molecule has 1 fully saturated rings. The first-order chi connectivity index (χ1) is 15.1. The largest absolute Gasteiger partial charge is 0.352 e. The zero-order chi connectivity index (χ0) is 21.4. The second-order valence-corrected chi connectivity index (χ2v) is 8.13. The number of nitrogens with zero attached hydrogens (tertiary/aromatic N) is 6. The molecule has 0 atom stereocenters. The molecule has 31 heavy (non-hydrogen) atoms. The number of piperazine rings is 1. The molecule has 0 radical (unpaired) electrons. The minimum absolute atomic E-state index is 0.0120. The van der Waals surface area contributed by atoms with Gasteiger partial charge in [0.15, 0.2) is 5.65 Å². The van der Waals surface area contributed by atoms with Crippen molar-refractivity contribution in [3.63, 3.8) is 0 Å². The zero-order valence-electron chi connectivity index (χ0n) is 16.4. The van der Waals surface area contributed by atoms with Crippen LogP contribution in [0.1, 0.15) is 10.4 Å². The summed E-state index contributed by atoms with van der Waals surface area (Å²) in [7, 11) is 0. The zero-order valence-corrected chi connectivity index (χ0v) is 18.0. The van der Waals surface area contributed by atoms with Crippen LogP contribution in [-0.4, -0.2) is 56.7 Å². The maximum atomic E-state index is 12.8. The van der Waals surface area contributed by atoms with E-state index in [1.54, 1.807) is 41.5 Å². The van der Waals surface area contributed by atoms with E-state index in [1.807, 2.05) is 29.2 Å². The Kier molecular flexibility index (Phi) is 5.21. The van der Waals surface area contributed by atoms with Crippen molar-refractivity contribution in [1.29, 1.82) is 0 Å². The number of halogens is 2. The van der Waals surface area contributed by atoms with Crippen molar-refractivity contribution in [1.82, 2.24) is 24.6 Å². The van der Waals surface area contributed by atoms with E-state index in [-0.39, 0.29) is 5.91 Å². The molecule has 0 saturated carbocycles. The van der Waals surface area contributed by atoms with Crippen LogP contribution in [0.4, 0.5) is 5.82 Å². The summed E-state index contributed by atoms with van der Waals surface area (Å²) in [6.45, 7) is 2.56. The summed E-state index contributed by atoms with van der Waals surface area (Å²) in [5.74, 6) is 0.829. The van der Waals surface area contributed by atoms with Crippen LogP contribution in [0.2, 0.25) is 10.0 Å². The van der Waals surface area contributed by atoms with Crippen LogP contribution in [0.3, 0.4) is 0 Å². The van der Waals surface area contributed by atoms with Crippen LogP contribution in [-0.2, 0) is 0 Å². The van der Waals surface area contributed by atoms with Gasteiger partial charge in [0.05, 0.1) is 17.3 Å². The first-order valence-corrected chi connectivity index (χ1v) is 10.6. The van der Waals surface area contributed by atoms with Crippen molar-refractivity contribution < 1.29 is 4.79 Å². The Morgan fingerprint density at radius 2 is 1.68 bits per heavy atom. The number of rotatable bonds is 3. The summed E-state index contributed by atoms with van der Waals surface area (Å²) in [5, 5.41) is 6.62. The third kappa shape index (κ3) is 3.82. The highest BCUT2D eigenvalue weighted by atomic mass is 35.5. The van der Waals surface area contributed by atoms with E-state index in [1.165, 1.54) is 0 Å². The third-order valence-corrected chi connectivity index (χ3v) is 5.84. The first kappa shape index (κ1) is 19.8. The predicted octanol–water partition coefficient (Wildman–Crippen LogP) is 4.08. The Morgan fingerprint density at radius 3 is 2.42 bits per heavy atom. The monoisotopic (exact) mass is 452 g/mol. The van der Waals surface area contributed by atoms with Crippen LogP contribution in [0, 0.1) is 0 Å². The second kappa shape index (κ2) is 8.17. The van der Waals surface area contributed by atoms with Gasteiger partial charge in [0.2, 0.25) is 0 Å². The van der Waals surface area contributed by atoms with Crippen molar-refractivity contribution in [3.8, 4) is 5.69 Å². The summed E-state index contributed by atoms with van der Waals surface area (Å²) in [5.41, 5.74) is 2.20. The fourth-order valence-corrected chi connectivity index (χ4v) is 4.09. The minimum Gasteiger partial charge on any atom is -0.352 e. The lowest BCUT2D eigenvalue weighted by atomic mass is 10.2. The van der Waals surface area contributed by atoms with Crippen molar-refractivity contribution in [2.24, 2.45) is 0 Å². The van der Waals surface area contributed by atoms with Gasteiger partial charge in [0, 0.05) is 41.8 Å². The van der Waals surface area contributed by atoms with Gasteiger partial charge in [0.1, 0.15) is 12.1 Å². The highest BCUT2D eigenvalue weighted by Crippen LogP contribution is 2.26. The summed E-state index contributed by atoms with van der Waals surface area (Å²) in [6.07, 6.45) is 3.32. The summed E-state index contributed by atoms with van der Waals surface area (Å²) >= 11 is 12.1. The highest BCUT2D eigenvalue weighted by Gasteiger charge is 2.25. The molecule has 0 spiro atoms. The Morgan fingerprint density at radius 1 is 0.903 bits per heavy atom. The standard InChI is InChI=1S/C22H18Cl2N6O/c23-16-6-4-15(5-7-16)22(31)29-10-8-28(9-11-29)20-19-13-27-30(21(19)26-14-25-20)18-3-1-2-17(24)12-18/h1-7,12-14H,8-11H2. The number of carbonyl (C=O) groups is 1. The van der Waals surface area contributed by atoms with Crippen molar-refractivity contribution in [3.05, 3.63) is 76.7 Å². The molecule has 2 aromatic heterocycles. The fraction of sp³-hybridized carbons (Fsp3) is 0.182. The molecule has 3 heterocycles. The lowest BCUT2D eigenvalue weighted by Crippen LogP contribution is -2.49. The molecule has 0 aliphatic carbocycles.